The molecule has 0 spiro atoms. The van der Waals surface area contributed by atoms with Gasteiger partial charge in [0.2, 0.25) is 0 Å². The van der Waals surface area contributed by atoms with E-state index < -0.39 is 30.8 Å². The molecule has 0 aliphatic heterocycles. The molecule has 6 rings (SSSR count). The van der Waals surface area contributed by atoms with Crippen LogP contribution < -0.4 is 10.6 Å². The number of fused-ring (bicyclic) bond motifs is 2. The summed E-state index contributed by atoms with van der Waals surface area (Å²) in [5, 5.41) is 4.59. The second kappa shape index (κ2) is 8.89. The summed E-state index contributed by atoms with van der Waals surface area (Å²) in [4.78, 5) is 0. The molecule has 0 saturated heterocycles. The third-order valence-corrected chi connectivity index (χ3v) is 16.3. The van der Waals surface area contributed by atoms with Crippen LogP contribution in [0.15, 0.2) is 121 Å². The summed E-state index contributed by atoms with van der Waals surface area (Å²) in [6.07, 6.45) is 7.40. The molecule has 2 aliphatic carbocycles. The van der Waals surface area contributed by atoms with Crippen molar-refractivity contribution in [1.82, 2.24) is 0 Å². The average Bonchev–Trinajstić information content (AvgIpc) is 3.43. The van der Waals surface area contributed by atoms with Gasteiger partial charge in [0.25, 0.3) is 0 Å². The fourth-order valence-electron chi connectivity index (χ4n) is 4.85. The van der Waals surface area contributed by atoms with Gasteiger partial charge in [-0.3, -0.25) is 0 Å². The Morgan fingerprint density at radius 2 is 1.12 bits per heavy atom. The van der Waals surface area contributed by atoms with Crippen molar-refractivity contribution < 1.29 is 22.9 Å². The molecule has 0 N–H and O–H groups in total. The van der Waals surface area contributed by atoms with Crippen molar-refractivity contribution in [2.45, 2.75) is 7.35 Å². The van der Waals surface area contributed by atoms with Gasteiger partial charge in [-0.2, -0.15) is 0 Å². The molecule has 4 aromatic carbocycles. The molecule has 0 radical (unpaired) electrons. The van der Waals surface area contributed by atoms with E-state index in [-0.39, 0.29) is 0 Å². The molecule has 0 fully saturated rings. The molecule has 0 amide bonds. The monoisotopic (exact) mass is 594 g/mol. The molecule has 32 heavy (non-hydrogen) atoms. The van der Waals surface area contributed by atoms with Gasteiger partial charge in [-0.1, -0.05) is 0 Å². The Hall–Kier alpha value is -2.34. The summed E-state index contributed by atoms with van der Waals surface area (Å²) in [5.74, 6) is 0. The predicted molar refractivity (Wildman–Crippen MR) is 134 cm³/mol. The minimum atomic E-state index is -1.14. The summed E-state index contributed by atoms with van der Waals surface area (Å²) in [6, 6.07) is 40.5. The summed E-state index contributed by atoms with van der Waals surface area (Å²) in [5.41, 5.74) is 6.00. The molecule has 0 saturated carbocycles. The van der Waals surface area contributed by atoms with Gasteiger partial charge in [-0.15, -0.1) is 0 Å². The standard InChI is InChI=1S/C21H16P.C9H7.Hf/c1-3-11-19(12-4-1)22(20-13-5-2-6-14-20)21-15-17-9-7-8-10-18(17)16-21;1-2-5-9-7-3-6-8(9)4-1;/h1-16H;1-7H;. The van der Waals surface area contributed by atoms with E-state index in [1.807, 2.05) is 0 Å². The molecule has 0 bridgehead atoms. The molecule has 152 valence electrons. The molecule has 2 heteroatoms. The summed E-state index contributed by atoms with van der Waals surface area (Å²) < 4.78 is 1.28. The number of rotatable bonds is 5. The zero-order valence-electron chi connectivity index (χ0n) is 17.7. The Morgan fingerprint density at radius 1 is 0.562 bits per heavy atom. The van der Waals surface area contributed by atoms with Crippen LogP contribution in [0.3, 0.4) is 0 Å². The first kappa shape index (κ1) is 20.3. The summed E-state index contributed by atoms with van der Waals surface area (Å²) >= 11 is -1.14. The Kier molecular flexibility index (Phi) is 5.63. The van der Waals surface area contributed by atoms with E-state index in [9.17, 15) is 0 Å². The third kappa shape index (κ3) is 3.72. The second-order valence-electron chi connectivity index (χ2n) is 8.27. The van der Waals surface area contributed by atoms with Gasteiger partial charge < -0.3 is 0 Å². The van der Waals surface area contributed by atoms with E-state index in [1.165, 1.54) is 21.7 Å². The Bertz CT molecular complexity index is 1270. The zero-order chi connectivity index (χ0) is 21.3. The van der Waals surface area contributed by atoms with E-state index in [0.29, 0.717) is 7.35 Å². The number of benzene rings is 4. The molecule has 0 heterocycles. The first-order valence-corrected chi connectivity index (χ1v) is 16.6. The van der Waals surface area contributed by atoms with Crippen molar-refractivity contribution in [2.24, 2.45) is 0 Å². The summed E-state index contributed by atoms with van der Waals surface area (Å²) in [7, 11) is -0.540. The summed E-state index contributed by atoms with van der Waals surface area (Å²) in [6.45, 7) is 0. The predicted octanol–water partition coefficient (Wildman–Crippen LogP) is 7.07. The van der Waals surface area contributed by atoms with Crippen LogP contribution in [0, 0.1) is 0 Å². The van der Waals surface area contributed by atoms with Crippen LogP contribution in [0.5, 0.6) is 0 Å². The Labute approximate surface area is 202 Å². The molecule has 0 nitrogen and oxygen atoms in total. The van der Waals surface area contributed by atoms with E-state index >= 15 is 0 Å². The quantitative estimate of drug-likeness (QED) is 0.172. The van der Waals surface area contributed by atoms with Gasteiger partial charge >= 0.3 is 204 Å². The fraction of sp³-hybridized carbons (Fsp3) is 0.0667. The normalized spacial score (nSPS) is 18.3. The first-order valence-electron chi connectivity index (χ1n) is 11.1. The number of allylic oxidation sites excluding steroid dienone is 2. The topological polar surface area (TPSA) is 0 Å². The van der Waals surface area contributed by atoms with Crippen molar-refractivity contribution in [1.29, 1.82) is 0 Å². The zero-order valence-corrected chi connectivity index (χ0v) is 22.2. The van der Waals surface area contributed by atoms with Gasteiger partial charge in [-0.25, -0.2) is 0 Å². The molecule has 4 aromatic rings. The van der Waals surface area contributed by atoms with Crippen molar-refractivity contribution in [3.8, 4) is 0 Å². The van der Waals surface area contributed by atoms with Crippen molar-refractivity contribution in [3.05, 3.63) is 143 Å². The Morgan fingerprint density at radius 3 is 1.81 bits per heavy atom. The molecule has 0 aromatic heterocycles. The molecule has 2 atom stereocenters. The SMILES string of the molecule is C1=C[CH]([Hf][CH]2C(P(c3ccccc3)c3ccccc3)=Cc3ccccc32)c2ccccc21. The number of hydrogen-bond donors (Lipinski definition) is 0. The van der Waals surface area contributed by atoms with E-state index in [1.54, 1.807) is 16.4 Å². The van der Waals surface area contributed by atoms with Gasteiger partial charge in [0.05, 0.1) is 0 Å². The van der Waals surface area contributed by atoms with Crippen LogP contribution in [0.2, 0.25) is 0 Å². The van der Waals surface area contributed by atoms with Crippen LogP contribution in [0.25, 0.3) is 12.2 Å². The van der Waals surface area contributed by atoms with E-state index in [0.717, 1.165) is 0 Å². The van der Waals surface area contributed by atoms with Crippen molar-refractivity contribution >= 4 is 30.7 Å². The number of hydrogen-bond acceptors (Lipinski definition) is 0. The fourth-order valence-corrected chi connectivity index (χ4v) is 15.5. The Balaban J connectivity index is 1.45. The molecule has 2 aliphatic rings. The first-order chi connectivity index (χ1) is 15.9. The molecular weight excluding hydrogens is 570 g/mol. The van der Waals surface area contributed by atoms with Crippen LogP contribution in [0.4, 0.5) is 0 Å². The van der Waals surface area contributed by atoms with Crippen LogP contribution >= 0.6 is 7.92 Å². The maximum absolute atomic E-state index is 2.54. The van der Waals surface area contributed by atoms with Gasteiger partial charge in [0.15, 0.2) is 0 Å². The van der Waals surface area contributed by atoms with Crippen LogP contribution in [-0.2, 0) is 22.9 Å². The van der Waals surface area contributed by atoms with Gasteiger partial charge in [0.1, 0.15) is 0 Å². The molecular formula is C30H23HfP. The van der Waals surface area contributed by atoms with Crippen LogP contribution in [-0.4, -0.2) is 0 Å². The molecule has 2 unspecified atom stereocenters. The second-order valence-corrected chi connectivity index (χ2v) is 16.0. The van der Waals surface area contributed by atoms with Crippen molar-refractivity contribution in [3.63, 3.8) is 0 Å². The maximum atomic E-state index is 2.54. The van der Waals surface area contributed by atoms with Crippen LogP contribution in [0.1, 0.15) is 29.6 Å². The average molecular weight is 593 g/mol. The van der Waals surface area contributed by atoms with E-state index in [2.05, 4.69) is 127 Å². The third-order valence-electron chi connectivity index (χ3n) is 6.34. The minimum absolute atomic E-state index is 0.540. The van der Waals surface area contributed by atoms with E-state index in [4.69, 9.17) is 0 Å². The van der Waals surface area contributed by atoms with Crippen molar-refractivity contribution in [2.75, 3.05) is 0 Å². The van der Waals surface area contributed by atoms with Gasteiger partial charge in [-0.05, 0) is 0 Å². The van der Waals surface area contributed by atoms with Gasteiger partial charge in [0, 0.05) is 0 Å².